The number of allylic oxidation sites excluding steroid dienone is 16. The molecule has 8 nitrogen and oxygen atoms in total. The van der Waals surface area contributed by atoms with Crippen LogP contribution < -0.4 is 4.89 Å². The van der Waals surface area contributed by atoms with E-state index in [0.29, 0.717) is 24.1 Å². The second-order valence-corrected chi connectivity index (χ2v) is 20.3. The minimum atomic E-state index is -4.55. The van der Waals surface area contributed by atoms with Crippen LogP contribution >= 0.6 is 7.82 Å². The highest BCUT2D eigenvalue weighted by atomic mass is 31.2. The largest absolute Gasteiger partial charge is 0.756 e. The van der Waals surface area contributed by atoms with Gasteiger partial charge in [0.1, 0.15) is 19.3 Å². The Morgan fingerprint density at radius 1 is 0.478 bits per heavy atom. The number of rotatable bonds is 49. The summed E-state index contributed by atoms with van der Waals surface area (Å²) in [5.41, 5.74) is 0. The van der Waals surface area contributed by atoms with E-state index in [1.165, 1.54) is 103 Å². The monoisotopic (exact) mass is 956 g/mol. The van der Waals surface area contributed by atoms with Gasteiger partial charge in [0, 0.05) is 13.0 Å². The van der Waals surface area contributed by atoms with E-state index in [4.69, 9.17) is 18.5 Å². The van der Waals surface area contributed by atoms with Gasteiger partial charge >= 0.3 is 5.97 Å². The maximum Gasteiger partial charge on any atom is 0.306 e. The fourth-order valence-electron chi connectivity index (χ4n) is 6.99. The number of esters is 1. The van der Waals surface area contributed by atoms with Gasteiger partial charge in [-0.1, -0.05) is 201 Å². The molecule has 0 aliphatic rings. The van der Waals surface area contributed by atoms with Crippen LogP contribution in [0, 0.1) is 0 Å². The van der Waals surface area contributed by atoms with E-state index < -0.39 is 13.9 Å². The topological polar surface area (TPSA) is 94.1 Å². The van der Waals surface area contributed by atoms with Crippen LogP contribution in [-0.2, 0) is 27.9 Å². The standard InChI is InChI=1S/C58H102NO7P/c1-6-8-10-12-14-16-18-20-22-24-26-28-29-30-31-32-33-35-37-39-41-43-45-47-49-51-58(60)66-57(56-65-67(61,62)64-54-52-59(3,4)5)55-63-53-50-48-46-44-42-40-38-36-34-27-25-23-21-19-17-15-13-11-9-7-2/h8,10,14,16,20-23,26,28,30-31,33,35,39,41,57H,6-7,9,11-13,15,17-19,24-25,27,29,32,34,36-38,40,42-56H2,1-5H3/b10-8-,16-14-,22-20-,23-21-,28-26-,31-30-,35-33-,41-39-. The maximum atomic E-state index is 12.8. The van der Waals surface area contributed by atoms with Gasteiger partial charge in [0.25, 0.3) is 7.82 Å². The van der Waals surface area contributed by atoms with Crippen LogP contribution in [0.15, 0.2) is 97.2 Å². The van der Waals surface area contributed by atoms with Crippen molar-refractivity contribution in [1.82, 2.24) is 0 Å². The Morgan fingerprint density at radius 2 is 0.866 bits per heavy atom. The van der Waals surface area contributed by atoms with Crippen LogP contribution in [0.4, 0.5) is 0 Å². The van der Waals surface area contributed by atoms with Gasteiger partial charge in [0.2, 0.25) is 0 Å². The van der Waals surface area contributed by atoms with E-state index in [1.54, 1.807) is 0 Å². The number of phosphoric ester groups is 1. The minimum Gasteiger partial charge on any atom is -0.756 e. The number of ether oxygens (including phenoxy) is 2. The number of carbonyl (C=O) groups is 1. The second-order valence-electron chi connectivity index (χ2n) is 18.9. The van der Waals surface area contributed by atoms with Crippen LogP contribution in [0.1, 0.15) is 206 Å². The lowest BCUT2D eigenvalue weighted by Crippen LogP contribution is -2.37. The van der Waals surface area contributed by atoms with Crippen molar-refractivity contribution in [2.75, 3.05) is 54.1 Å². The summed E-state index contributed by atoms with van der Waals surface area (Å²) in [4.78, 5) is 25.2. The number of hydrogen-bond acceptors (Lipinski definition) is 7. The molecule has 0 bridgehead atoms. The average molecular weight is 956 g/mol. The molecule has 0 saturated heterocycles. The highest BCUT2D eigenvalue weighted by molar-refractivity contribution is 7.45. The zero-order valence-electron chi connectivity index (χ0n) is 43.8. The highest BCUT2D eigenvalue weighted by Gasteiger charge is 2.20. The SMILES string of the molecule is CC/C=C\C/C=C\C/C=C\C/C=C\C/C=C\C/C=C\C/C=C\CCCCCC(=O)OC(COCCCCCCCCCCCC/C=C\CCCCCCCC)COP(=O)([O-])OCC[N+](C)(C)C. The van der Waals surface area contributed by atoms with E-state index in [-0.39, 0.29) is 32.2 Å². The van der Waals surface area contributed by atoms with Crippen LogP contribution in [-0.4, -0.2) is 70.7 Å². The third-order valence-corrected chi connectivity index (χ3v) is 12.1. The number of nitrogens with zero attached hydrogens (tertiary/aromatic N) is 1. The van der Waals surface area contributed by atoms with Gasteiger partial charge < -0.3 is 27.9 Å². The van der Waals surface area contributed by atoms with Crippen LogP contribution in [0.3, 0.4) is 0 Å². The Balaban J connectivity index is 4.23. The van der Waals surface area contributed by atoms with Crippen molar-refractivity contribution in [2.45, 2.75) is 213 Å². The third-order valence-electron chi connectivity index (χ3n) is 11.1. The summed E-state index contributed by atoms with van der Waals surface area (Å²) in [5, 5.41) is 0. The summed E-state index contributed by atoms with van der Waals surface area (Å²) in [5.74, 6) is -0.368. The molecule has 386 valence electrons. The Hall–Kier alpha value is -2.58. The van der Waals surface area contributed by atoms with E-state index in [0.717, 1.165) is 77.0 Å². The van der Waals surface area contributed by atoms with Gasteiger partial charge in [-0.25, -0.2) is 0 Å². The van der Waals surface area contributed by atoms with Crippen LogP contribution in [0.2, 0.25) is 0 Å². The molecule has 0 heterocycles. The number of hydrogen-bond donors (Lipinski definition) is 0. The van der Waals surface area contributed by atoms with Crippen LogP contribution in [0.25, 0.3) is 0 Å². The molecule has 0 aliphatic heterocycles. The van der Waals surface area contributed by atoms with Gasteiger partial charge in [-0.2, -0.15) is 0 Å². The summed E-state index contributed by atoms with van der Waals surface area (Å²) < 4.78 is 34.7. The molecule has 0 aliphatic carbocycles. The molecule has 0 aromatic heterocycles. The van der Waals surface area contributed by atoms with Gasteiger partial charge in [0.15, 0.2) is 0 Å². The van der Waals surface area contributed by atoms with Crippen molar-refractivity contribution in [3.8, 4) is 0 Å². The highest BCUT2D eigenvalue weighted by Crippen LogP contribution is 2.38. The molecule has 0 aromatic rings. The number of likely N-dealkylation sites (N-methyl/N-ethyl adjacent to an activating group) is 1. The van der Waals surface area contributed by atoms with E-state index in [1.807, 2.05) is 21.1 Å². The van der Waals surface area contributed by atoms with Gasteiger partial charge in [-0.15, -0.1) is 0 Å². The summed E-state index contributed by atoms with van der Waals surface area (Å²) in [6.07, 6.45) is 68.7. The molecule has 0 N–H and O–H groups in total. The van der Waals surface area contributed by atoms with Gasteiger partial charge in [-0.05, 0) is 96.3 Å². The minimum absolute atomic E-state index is 0.0141. The van der Waals surface area contributed by atoms with Gasteiger partial charge in [-0.3, -0.25) is 9.36 Å². The van der Waals surface area contributed by atoms with Crippen molar-refractivity contribution in [1.29, 1.82) is 0 Å². The Labute approximate surface area is 413 Å². The van der Waals surface area contributed by atoms with E-state index in [9.17, 15) is 14.3 Å². The molecule has 0 amide bonds. The van der Waals surface area contributed by atoms with E-state index >= 15 is 0 Å². The summed E-state index contributed by atoms with van der Waals surface area (Å²) >= 11 is 0. The van der Waals surface area contributed by atoms with E-state index in [2.05, 4.69) is 111 Å². The Morgan fingerprint density at radius 3 is 1.31 bits per heavy atom. The molecule has 9 heteroatoms. The first-order valence-corrected chi connectivity index (χ1v) is 28.4. The quantitative estimate of drug-likeness (QED) is 0.0197. The first-order chi connectivity index (χ1) is 32.6. The molecule has 0 rings (SSSR count). The molecule has 0 radical (unpaired) electrons. The van der Waals surface area contributed by atoms with Crippen molar-refractivity contribution >= 4 is 13.8 Å². The fourth-order valence-corrected chi connectivity index (χ4v) is 7.72. The predicted molar refractivity (Wildman–Crippen MR) is 286 cm³/mol. The lowest BCUT2D eigenvalue weighted by molar-refractivity contribution is -0.870. The third kappa shape index (κ3) is 54.2. The number of phosphoric acid groups is 1. The zero-order valence-corrected chi connectivity index (χ0v) is 44.7. The molecule has 2 atom stereocenters. The van der Waals surface area contributed by atoms with Crippen molar-refractivity contribution in [3.63, 3.8) is 0 Å². The Kier molecular flexibility index (Phi) is 47.9. The molecule has 0 fully saturated rings. The lowest BCUT2D eigenvalue weighted by atomic mass is 10.1. The van der Waals surface area contributed by atoms with Crippen molar-refractivity contribution < 1.29 is 37.3 Å². The summed E-state index contributed by atoms with van der Waals surface area (Å²) in [7, 11) is 1.32. The van der Waals surface area contributed by atoms with Crippen LogP contribution in [0.5, 0.6) is 0 Å². The summed E-state index contributed by atoms with van der Waals surface area (Å²) in [6, 6.07) is 0. The van der Waals surface area contributed by atoms with Crippen molar-refractivity contribution in [2.24, 2.45) is 0 Å². The molecule has 2 unspecified atom stereocenters. The maximum absolute atomic E-state index is 12.8. The van der Waals surface area contributed by atoms with Crippen molar-refractivity contribution in [3.05, 3.63) is 97.2 Å². The average Bonchev–Trinajstić information content (AvgIpc) is 3.29. The normalized spacial score (nSPS) is 14.3. The molecule has 0 saturated carbocycles. The number of carbonyl (C=O) groups excluding carboxylic acids is 1. The molecular weight excluding hydrogens is 854 g/mol. The first kappa shape index (κ1) is 64.4. The smallest absolute Gasteiger partial charge is 0.306 e. The molecule has 0 aromatic carbocycles. The molecule has 67 heavy (non-hydrogen) atoms. The number of quaternary nitrogens is 1. The molecular formula is C58H102NO7P. The predicted octanol–water partition coefficient (Wildman–Crippen LogP) is 16.3. The first-order valence-electron chi connectivity index (χ1n) is 27.0. The lowest BCUT2D eigenvalue weighted by Gasteiger charge is -2.28. The summed E-state index contributed by atoms with van der Waals surface area (Å²) in [6.45, 7) is 5.24. The molecule has 0 spiro atoms. The second kappa shape index (κ2) is 49.8. The fraction of sp³-hybridized carbons (Fsp3) is 0.707. The van der Waals surface area contributed by atoms with Gasteiger partial charge in [0.05, 0.1) is 34.4 Å². The Bertz CT molecular complexity index is 1390. The number of unbranched alkanes of at least 4 members (excludes halogenated alkanes) is 19. The zero-order chi connectivity index (χ0) is 49.0.